The highest BCUT2D eigenvalue weighted by molar-refractivity contribution is 7.89. The van der Waals surface area contributed by atoms with E-state index in [9.17, 15) is 18.0 Å². The van der Waals surface area contributed by atoms with Crippen LogP contribution in [0.1, 0.15) is 50.5 Å². The third kappa shape index (κ3) is 4.54. The molecule has 4 rings (SSSR count). The van der Waals surface area contributed by atoms with Crippen molar-refractivity contribution in [1.29, 1.82) is 0 Å². The van der Waals surface area contributed by atoms with Crippen LogP contribution in [0, 0.1) is 12.8 Å². The van der Waals surface area contributed by atoms with Gasteiger partial charge in [-0.1, -0.05) is 30.5 Å². The SMILES string of the molecule is Cc1ccc(S(=O)(=O)NC2CCN(C(=O)C3CC(=O)N(C4CCCC4)C3)CC2)cc1. The zero-order chi connectivity index (χ0) is 21.3. The lowest BCUT2D eigenvalue weighted by Gasteiger charge is -2.33. The summed E-state index contributed by atoms with van der Waals surface area (Å²) in [5.74, 6) is -0.0939. The second kappa shape index (κ2) is 8.67. The summed E-state index contributed by atoms with van der Waals surface area (Å²) in [4.78, 5) is 29.4. The van der Waals surface area contributed by atoms with Gasteiger partial charge in [0, 0.05) is 38.1 Å². The minimum absolute atomic E-state index is 0.0451. The first-order chi connectivity index (χ1) is 14.3. The number of piperidine rings is 1. The number of likely N-dealkylation sites (tertiary alicyclic amines) is 2. The van der Waals surface area contributed by atoms with Crippen LogP contribution in [0.4, 0.5) is 0 Å². The van der Waals surface area contributed by atoms with Crippen LogP contribution < -0.4 is 4.72 Å². The van der Waals surface area contributed by atoms with Gasteiger partial charge in [-0.25, -0.2) is 13.1 Å². The normalized spacial score (nSPS) is 24.0. The molecule has 2 amide bonds. The van der Waals surface area contributed by atoms with Gasteiger partial charge in [0.05, 0.1) is 10.8 Å². The van der Waals surface area contributed by atoms with E-state index >= 15 is 0 Å². The number of nitrogens with one attached hydrogen (secondary N) is 1. The number of sulfonamides is 1. The van der Waals surface area contributed by atoms with Gasteiger partial charge in [0.15, 0.2) is 0 Å². The third-order valence-electron chi connectivity index (χ3n) is 6.73. The predicted molar refractivity (Wildman–Crippen MR) is 113 cm³/mol. The lowest BCUT2D eigenvalue weighted by Crippen LogP contribution is -2.48. The van der Waals surface area contributed by atoms with Crippen LogP contribution in [0.2, 0.25) is 0 Å². The molecular formula is C22H31N3O4S. The number of aryl methyl sites for hydroxylation is 1. The van der Waals surface area contributed by atoms with E-state index in [4.69, 9.17) is 0 Å². The molecule has 3 fully saturated rings. The summed E-state index contributed by atoms with van der Waals surface area (Å²) in [6, 6.07) is 6.94. The standard InChI is InChI=1S/C22H31N3O4S/c1-16-6-8-20(9-7-16)30(28,29)23-18-10-12-24(13-11-18)22(27)17-14-21(26)25(15-17)19-4-2-3-5-19/h6-9,17-19,23H,2-5,10-15H2,1H3. The molecule has 0 radical (unpaired) electrons. The molecule has 1 unspecified atom stereocenters. The largest absolute Gasteiger partial charge is 0.342 e. The average Bonchev–Trinajstić information content (AvgIpc) is 3.37. The number of benzene rings is 1. The number of hydrogen-bond donors (Lipinski definition) is 1. The Morgan fingerprint density at radius 3 is 2.30 bits per heavy atom. The summed E-state index contributed by atoms with van der Waals surface area (Å²) >= 11 is 0. The molecule has 2 heterocycles. The molecule has 1 aromatic carbocycles. The van der Waals surface area contributed by atoms with Crippen molar-refractivity contribution in [2.24, 2.45) is 5.92 Å². The number of carbonyl (C=O) groups excluding carboxylic acids is 2. The summed E-state index contributed by atoms with van der Waals surface area (Å²) in [7, 11) is -3.56. The second-order valence-corrected chi connectivity index (χ2v) is 10.6. The highest BCUT2D eigenvalue weighted by Gasteiger charge is 2.40. The van der Waals surface area contributed by atoms with Gasteiger partial charge in [0.2, 0.25) is 21.8 Å². The topological polar surface area (TPSA) is 86.8 Å². The Balaban J connectivity index is 1.29. The van der Waals surface area contributed by atoms with Crippen molar-refractivity contribution >= 4 is 21.8 Å². The third-order valence-corrected chi connectivity index (χ3v) is 8.27. The molecule has 7 nitrogen and oxygen atoms in total. The molecule has 1 atom stereocenters. The van der Waals surface area contributed by atoms with Crippen LogP contribution >= 0.6 is 0 Å². The van der Waals surface area contributed by atoms with E-state index in [1.165, 1.54) is 12.8 Å². The molecule has 0 spiro atoms. The first-order valence-electron chi connectivity index (χ1n) is 11.0. The molecule has 1 aromatic rings. The molecule has 0 aromatic heterocycles. The lowest BCUT2D eigenvalue weighted by atomic mass is 10.0. The van der Waals surface area contributed by atoms with E-state index < -0.39 is 10.0 Å². The molecule has 1 N–H and O–H groups in total. The average molecular weight is 434 g/mol. The van der Waals surface area contributed by atoms with E-state index in [-0.39, 0.29) is 28.7 Å². The van der Waals surface area contributed by atoms with Gasteiger partial charge in [0.25, 0.3) is 0 Å². The van der Waals surface area contributed by atoms with Gasteiger partial charge in [-0.3, -0.25) is 9.59 Å². The molecule has 30 heavy (non-hydrogen) atoms. The van der Waals surface area contributed by atoms with Crippen LogP contribution in [0.3, 0.4) is 0 Å². The predicted octanol–water partition coefficient (Wildman–Crippen LogP) is 2.06. The Morgan fingerprint density at radius 2 is 1.67 bits per heavy atom. The van der Waals surface area contributed by atoms with Crippen molar-refractivity contribution in [1.82, 2.24) is 14.5 Å². The minimum atomic E-state index is -3.56. The maximum atomic E-state index is 13.0. The smallest absolute Gasteiger partial charge is 0.240 e. The number of carbonyl (C=O) groups is 2. The fraction of sp³-hybridized carbons (Fsp3) is 0.636. The summed E-state index contributed by atoms with van der Waals surface area (Å²) in [6.45, 7) is 3.51. The van der Waals surface area contributed by atoms with Crippen LogP contribution in [0.5, 0.6) is 0 Å². The Labute approximate surface area is 178 Å². The first-order valence-corrected chi connectivity index (χ1v) is 12.5. The Morgan fingerprint density at radius 1 is 1.03 bits per heavy atom. The zero-order valence-electron chi connectivity index (χ0n) is 17.5. The van der Waals surface area contributed by atoms with Crippen molar-refractivity contribution in [3.63, 3.8) is 0 Å². The maximum absolute atomic E-state index is 13.0. The molecule has 1 saturated carbocycles. The van der Waals surface area contributed by atoms with Gasteiger partial charge < -0.3 is 9.80 Å². The van der Waals surface area contributed by atoms with Gasteiger partial charge in [-0.15, -0.1) is 0 Å². The van der Waals surface area contributed by atoms with Crippen LogP contribution in [0.15, 0.2) is 29.2 Å². The van der Waals surface area contributed by atoms with E-state index in [0.29, 0.717) is 44.9 Å². The molecule has 0 bridgehead atoms. The Bertz CT molecular complexity index is 885. The van der Waals surface area contributed by atoms with E-state index in [2.05, 4.69) is 4.72 Å². The highest BCUT2D eigenvalue weighted by atomic mass is 32.2. The van der Waals surface area contributed by atoms with E-state index in [1.807, 2.05) is 16.7 Å². The second-order valence-electron chi connectivity index (χ2n) is 8.92. The van der Waals surface area contributed by atoms with Crippen LogP contribution in [-0.4, -0.2) is 61.7 Å². The fourth-order valence-corrected chi connectivity index (χ4v) is 6.25. The summed E-state index contributed by atoms with van der Waals surface area (Å²) < 4.78 is 28.0. The number of amides is 2. The Hall–Kier alpha value is -1.93. The lowest BCUT2D eigenvalue weighted by molar-refractivity contribution is -0.136. The van der Waals surface area contributed by atoms with Crippen LogP contribution in [0.25, 0.3) is 0 Å². The highest BCUT2D eigenvalue weighted by Crippen LogP contribution is 2.30. The molecule has 8 heteroatoms. The van der Waals surface area contributed by atoms with E-state index in [1.54, 1.807) is 24.3 Å². The molecule has 164 valence electrons. The summed E-state index contributed by atoms with van der Waals surface area (Å²) in [5, 5.41) is 0. The van der Waals surface area contributed by atoms with Crippen LogP contribution in [-0.2, 0) is 19.6 Å². The van der Waals surface area contributed by atoms with E-state index in [0.717, 1.165) is 18.4 Å². The van der Waals surface area contributed by atoms with Gasteiger partial charge in [-0.2, -0.15) is 0 Å². The van der Waals surface area contributed by atoms with Crippen molar-refractivity contribution in [3.8, 4) is 0 Å². The zero-order valence-corrected chi connectivity index (χ0v) is 18.4. The van der Waals surface area contributed by atoms with Crippen molar-refractivity contribution in [2.75, 3.05) is 19.6 Å². The quantitative estimate of drug-likeness (QED) is 0.770. The molecule has 3 aliphatic rings. The van der Waals surface area contributed by atoms with Gasteiger partial charge in [-0.05, 0) is 44.7 Å². The number of hydrogen-bond acceptors (Lipinski definition) is 4. The first kappa shape index (κ1) is 21.3. The molecular weight excluding hydrogens is 402 g/mol. The van der Waals surface area contributed by atoms with Crippen molar-refractivity contribution < 1.29 is 18.0 Å². The molecule has 1 aliphatic carbocycles. The summed E-state index contributed by atoms with van der Waals surface area (Å²) in [6.07, 6.45) is 5.93. The molecule has 2 aliphatic heterocycles. The fourth-order valence-electron chi connectivity index (χ4n) is 4.95. The number of nitrogens with zero attached hydrogens (tertiary/aromatic N) is 2. The Kier molecular flexibility index (Phi) is 6.16. The van der Waals surface area contributed by atoms with Crippen molar-refractivity contribution in [2.45, 2.75) is 68.8 Å². The molecule has 2 saturated heterocycles. The summed E-state index contributed by atoms with van der Waals surface area (Å²) in [5.41, 5.74) is 1.01. The monoisotopic (exact) mass is 433 g/mol. The van der Waals surface area contributed by atoms with Gasteiger partial charge >= 0.3 is 0 Å². The van der Waals surface area contributed by atoms with Crippen molar-refractivity contribution in [3.05, 3.63) is 29.8 Å². The maximum Gasteiger partial charge on any atom is 0.240 e. The van der Waals surface area contributed by atoms with Gasteiger partial charge in [0.1, 0.15) is 0 Å². The number of rotatable bonds is 5. The minimum Gasteiger partial charge on any atom is -0.342 e.